The number of benzene rings is 1. The summed E-state index contributed by atoms with van der Waals surface area (Å²) in [4.78, 5) is 24.1. The zero-order valence-corrected chi connectivity index (χ0v) is 11.7. The second-order valence-corrected chi connectivity index (χ2v) is 5.12. The highest BCUT2D eigenvalue weighted by Gasteiger charge is 2.08. The van der Waals surface area contributed by atoms with Crippen LogP contribution in [-0.2, 0) is 4.79 Å². The average Bonchev–Trinajstić information content (AvgIpc) is 2.98. The van der Waals surface area contributed by atoms with Crippen LogP contribution in [0.1, 0.15) is 16.1 Å². The molecule has 1 aromatic carbocycles. The van der Waals surface area contributed by atoms with Crippen LogP contribution in [0.25, 0.3) is 0 Å². The van der Waals surface area contributed by atoms with Crippen LogP contribution in [-0.4, -0.2) is 27.8 Å². The van der Waals surface area contributed by atoms with E-state index >= 15 is 0 Å². The molecule has 0 atom stereocenters. The van der Waals surface area contributed by atoms with E-state index in [9.17, 15) is 9.59 Å². The Hall–Kier alpha value is -2.28. The van der Waals surface area contributed by atoms with Gasteiger partial charge in [0.1, 0.15) is 5.69 Å². The minimum absolute atomic E-state index is 0.228. The second-order valence-electron chi connectivity index (χ2n) is 4.07. The third-order valence-electron chi connectivity index (χ3n) is 2.45. The number of carbonyl (C=O) groups is 2. The van der Waals surface area contributed by atoms with Gasteiger partial charge in [-0.25, -0.2) is 0 Å². The first-order valence-electron chi connectivity index (χ1n) is 5.93. The lowest BCUT2D eigenvalue weighted by atomic mass is 10.2. The van der Waals surface area contributed by atoms with Crippen LogP contribution in [0.3, 0.4) is 0 Å². The number of aryl methyl sites for hydroxylation is 1. The Labute approximate surface area is 120 Å². The predicted octanol–water partition coefficient (Wildman–Crippen LogP) is 1.27. The van der Waals surface area contributed by atoms with Crippen molar-refractivity contribution in [2.24, 2.45) is 0 Å². The zero-order valence-electron chi connectivity index (χ0n) is 10.8. The fourth-order valence-corrected chi connectivity index (χ4v) is 2.09. The van der Waals surface area contributed by atoms with Crippen LogP contribution in [0.15, 0.2) is 41.4 Å². The summed E-state index contributed by atoms with van der Waals surface area (Å²) in [6, 6.07) is 9.40. The van der Waals surface area contributed by atoms with E-state index in [1.54, 1.807) is 0 Å². The summed E-state index contributed by atoms with van der Waals surface area (Å²) >= 11 is 1.40. The van der Waals surface area contributed by atoms with E-state index in [0.717, 1.165) is 4.90 Å². The highest BCUT2D eigenvalue weighted by molar-refractivity contribution is 8.00. The number of aromatic amines is 1. The molecule has 0 bridgehead atoms. The van der Waals surface area contributed by atoms with Crippen molar-refractivity contribution in [3.8, 4) is 0 Å². The second kappa shape index (κ2) is 6.76. The van der Waals surface area contributed by atoms with Gasteiger partial charge in [-0.05, 0) is 25.1 Å². The van der Waals surface area contributed by atoms with E-state index < -0.39 is 5.91 Å². The molecule has 0 aliphatic carbocycles. The van der Waals surface area contributed by atoms with Crippen LogP contribution in [0.5, 0.6) is 0 Å². The van der Waals surface area contributed by atoms with Crippen molar-refractivity contribution < 1.29 is 9.59 Å². The molecule has 0 fully saturated rings. The molecule has 2 amide bonds. The van der Waals surface area contributed by atoms with E-state index in [-0.39, 0.29) is 17.4 Å². The van der Waals surface area contributed by atoms with Crippen LogP contribution in [0.4, 0.5) is 0 Å². The minimum Gasteiger partial charge on any atom is -0.273 e. The fraction of sp³-hybridized carbons (Fsp3) is 0.154. The summed E-state index contributed by atoms with van der Waals surface area (Å²) in [7, 11) is 0. The molecule has 2 aromatic rings. The SMILES string of the molecule is Cc1ccc(SCC(=O)NNC(=O)c2ccn[nH]2)cc1. The smallest absolute Gasteiger partial charge is 0.273 e. The summed E-state index contributed by atoms with van der Waals surface area (Å²) in [6.45, 7) is 2.01. The fourth-order valence-electron chi connectivity index (χ4n) is 1.40. The van der Waals surface area contributed by atoms with Crippen LogP contribution >= 0.6 is 11.8 Å². The lowest BCUT2D eigenvalue weighted by molar-refractivity contribution is -0.119. The predicted molar refractivity (Wildman–Crippen MR) is 76.1 cm³/mol. The van der Waals surface area contributed by atoms with Gasteiger partial charge in [0, 0.05) is 11.1 Å². The largest absolute Gasteiger partial charge is 0.287 e. The number of nitrogens with zero attached hydrogens (tertiary/aromatic N) is 1. The molecule has 1 heterocycles. The number of hydrazine groups is 1. The van der Waals surface area contributed by atoms with Crippen molar-refractivity contribution >= 4 is 23.6 Å². The number of aromatic nitrogens is 2. The molecule has 1 aromatic heterocycles. The maximum atomic E-state index is 11.6. The molecular formula is C13H14N4O2S. The maximum absolute atomic E-state index is 11.6. The van der Waals surface area contributed by atoms with E-state index in [0.29, 0.717) is 0 Å². The van der Waals surface area contributed by atoms with E-state index in [1.165, 1.54) is 29.6 Å². The van der Waals surface area contributed by atoms with Gasteiger partial charge in [-0.2, -0.15) is 5.10 Å². The van der Waals surface area contributed by atoms with Gasteiger partial charge in [-0.3, -0.25) is 25.5 Å². The molecule has 0 saturated carbocycles. The average molecular weight is 290 g/mol. The quantitative estimate of drug-likeness (QED) is 0.584. The first kappa shape index (κ1) is 14.1. The van der Waals surface area contributed by atoms with Crippen molar-refractivity contribution in [2.45, 2.75) is 11.8 Å². The summed E-state index contributed by atoms with van der Waals surface area (Å²) in [5.74, 6) is -0.480. The molecule has 3 N–H and O–H groups in total. The molecule has 0 aliphatic heterocycles. The molecule has 0 saturated heterocycles. The van der Waals surface area contributed by atoms with Crippen molar-refractivity contribution in [3.63, 3.8) is 0 Å². The van der Waals surface area contributed by atoms with Crippen molar-refractivity contribution in [1.82, 2.24) is 21.0 Å². The van der Waals surface area contributed by atoms with Gasteiger partial charge in [0.15, 0.2) is 0 Å². The number of carbonyl (C=O) groups excluding carboxylic acids is 2. The van der Waals surface area contributed by atoms with Gasteiger partial charge in [-0.1, -0.05) is 17.7 Å². The number of thioether (sulfide) groups is 1. The Balaban J connectivity index is 1.73. The Kier molecular flexibility index (Phi) is 4.78. The Morgan fingerprint density at radius 1 is 1.20 bits per heavy atom. The minimum atomic E-state index is -0.434. The molecule has 7 heteroatoms. The first-order chi connectivity index (χ1) is 9.65. The molecule has 2 rings (SSSR count). The summed E-state index contributed by atoms with van der Waals surface area (Å²) in [6.07, 6.45) is 1.46. The van der Waals surface area contributed by atoms with Gasteiger partial charge in [-0.15, -0.1) is 11.8 Å². The van der Waals surface area contributed by atoms with Crippen LogP contribution in [0.2, 0.25) is 0 Å². The topological polar surface area (TPSA) is 86.9 Å². The standard InChI is InChI=1S/C13H14N4O2S/c1-9-2-4-10(5-3-9)20-8-12(18)16-17-13(19)11-6-7-14-15-11/h2-7H,8H2,1H3,(H,14,15)(H,16,18)(H,17,19). The number of hydrogen-bond donors (Lipinski definition) is 3. The van der Waals surface area contributed by atoms with Gasteiger partial charge in [0.05, 0.1) is 5.75 Å². The summed E-state index contributed by atoms with van der Waals surface area (Å²) in [5, 5.41) is 6.16. The lowest BCUT2D eigenvalue weighted by Gasteiger charge is -2.06. The molecular weight excluding hydrogens is 276 g/mol. The van der Waals surface area contributed by atoms with E-state index in [4.69, 9.17) is 0 Å². The summed E-state index contributed by atoms with van der Waals surface area (Å²) < 4.78 is 0. The van der Waals surface area contributed by atoms with E-state index in [1.807, 2.05) is 31.2 Å². The highest BCUT2D eigenvalue weighted by atomic mass is 32.2. The number of H-pyrrole nitrogens is 1. The molecule has 104 valence electrons. The monoisotopic (exact) mass is 290 g/mol. The number of nitrogens with one attached hydrogen (secondary N) is 3. The van der Waals surface area contributed by atoms with Gasteiger partial charge >= 0.3 is 0 Å². The summed E-state index contributed by atoms with van der Waals surface area (Å²) in [5.41, 5.74) is 6.11. The molecule has 20 heavy (non-hydrogen) atoms. The maximum Gasteiger partial charge on any atom is 0.287 e. The molecule has 0 radical (unpaired) electrons. The number of rotatable bonds is 4. The molecule has 6 nitrogen and oxygen atoms in total. The van der Waals surface area contributed by atoms with Crippen molar-refractivity contribution in [2.75, 3.05) is 5.75 Å². The third-order valence-corrected chi connectivity index (χ3v) is 3.46. The number of hydrogen-bond acceptors (Lipinski definition) is 4. The Morgan fingerprint density at radius 2 is 1.95 bits per heavy atom. The first-order valence-corrected chi connectivity index (χ1v) is 6.92. The Morgan fingerprint density at radius 3 is 2.60 bits per heavy atom. The van der Waals surface area contributed by atoms with Crippen molar-refractivity contribution in [1.29, 1.82) is 0 Å². The highest BCUT2D eigenvalue weighted by Crippen LogP contribution is 2.17. The van der Waals surface area contributed by atoms with Gasteiger partial charge in [0.25, 0.3) is 5.91 Å². The van der Waals surface area contributed by atoms with Gasteiger partial charge < -0.3 is 0 Å². The molecule has 0 spiro atoms. The Bertz CT molecular complexity index is 581. The molecule has 0 unspecified atom stereocenters. The van der Waals surface area contributed by atoms with Crippen LogP contribution < -0.4 is 10.9 Å². The van der Waals surface area contributed by atoms with Crippen molar-refractivity contribution in [3.05, 3.63) is 47.8 Å². The van der Waals surface area contributed by atoms with E-state index in [2.05, 4.69) is 21.0 Å². The lowest BCUT2D eigenvalue weighted by Crippen LogP contribution is -2.42. The normalized spacial score (nSPS) is 10.1. The molecule has 0 aliphatic rings. The van der Waals surface area contributed by atoms with Gasteiger partial charge in [0.2, 0.25) is 5.91 Å². The third kappa shape index (κ3) is 4.13. The zero-order chi connectivity index (χ0) is 14.4. The number of amides is 2. The van der Waals surface area contributed by atoms with Crippen LogP contribution in [0, 0.1) is 6.92 Å².